The van der Waals surface area contributed by atoms with Crippen LogP contribution in [0.25, 0.3) is 0 Å². The number of ether oxygens (including phenoxy) is 2. The smallest absolute Gasteiger partial charge is 0.410 e. The van der Waals surface area contributed by atoms with Gasteiger partial charge in [-0.15, -0.1) is 0 Å². The monoisotopic (exact) mass is 311 g/mol. The average Bonchev–Trinajstić information content (AvgIpc) is 2.37. The molecule has 116 valence electrons. The molecule has 0 saturated heterocycles. The van der Waals surface area contributed by atoms with E-state index in [-0.39, 0.29) is 12.1 Å². The summed E-state index contributed by atoms with van der Waals surface area (Å²) in [5.74, 6) is 0.824. The molecule has 1 aliphatic rings. The fourth-order valence-electron chi connectivity index (χ4n) is 2.67. The number of carbonyl (C=O) groups is 1. The van der Waals surface area contributed by atoms with Gasteiger partial charge in [0, 0.05) is 22.7 Å². The van der Waals surface area contributed by atoms with E-state index < -0.39 is 5.60 Å². The summed E-state index contributed by atoms with van der Waals surface area (Å²) in [7, 11) is 1.65. The number of rotatable bonds is 1. The van der Waals surface area contributed by atoms with Gasteiger partial charge in [0.05, 0.1) is 13.2 Å². The van der Waals surface area contributed by atoms with Gasteiger partial charge in [0.25, 0.3) is 0 Å². The normalized spacial score (nSPS) is 18.2. The largest absolute Gasteiger partial charge is 0.496 e. The summed E-state index contributed by atoms with van der Waals surface area (Å²) in [6.07, 6.45) is 0.405. The molecule has 1 aromatic rings. The molecule has 4 nitrogen and oxygen atoms in total. The van der Waals surface area contributed by atoms with Crippen LogP contribution in [0.5, 0.6) is 5.75 Å². The zero-order chi connectivity index (χ0) is 15.8. The number of hydrogen-bond donors (Lipinski definition) is 0. The van der Waals surface area contributed by atoms with Crippen molar-refractivity contribution in [3.05, 3.63) is 28.3 Å². The molecule has 0 spiro atoms. The average molecular weight is 312 g/mol. The van der Waals surface area contributed by atoms with Crippen molar-refractivity contribution in [1.82, 2.24) is 4.90 Å². The molecule has 0 unspecified atom stereocenters. The molecule has 1 atom stereocenters. The highest BCUT2D eigenvalue weighted by atomic mass is 35.5. The minimum absolute atomic E-state index is 0.133. The molecule has 5 heteroatoms. The Balaban J connectivity index is 2.32. The van der Waals surface area contributed by atoms with Crippen molar-refractivity contribution in [1.29, 1.82) is 0 Å². The summed E-state index contributed by atoms with van der Waals surface area (Å²) < 4.78 is 10.9. The van der Waals surface area contributed by atoms with Crippen LogP contribution in [0, 0.1) is 0 Å². The van der Waals surface area contributed by atoms with Crippen LogP contribution < -0.4 is 4.74 Å². The highest BCUT2D eigenvalue weighted by molar-refractivity contribution is 6.31. The lowest BCUT2D eigenvalue weighted by molar-refractivity contribution is 0.0159. The van der Waals surface area contributed by atoms with Crippen molar-refractivity contribution in [2.24, 2.45) is 0 Å². The molecule has 0 bridgehead atoms. The number of methoxy groups -OCH3 is 1. The quantitative estimate of drug-likeness (QED) is 0.780. The van der Waals surface area contributed by atoms with Gasteiger partial charge in [-0.3, -0.25) is 0 Å². The first-order chi connectivity index (χ1) is 9.74. The second-order valence-corrected chi connectivity index (χ2v) is 6.65. The second kappa shape index (κ2) is 5.76. The van der Waals surface area contributed by atoms with Crippen LogP contribution >= 0.6 is 11.6 Å². The van der Waals surface area contributed by atoms with Crippen LogP contribution in [0.3, 0.4) is 0 Å². The minimum atomic E-state index is -0.505. The molecule has 0 radical (unpaired) electrons. The molecule has 1 aromatic carbocycles. The van der Waals surface area contributed by atoms with E-state index in [0.717, 1.165) is 16.9 Å². The first-order valence-corrected chi connectivity index (χ1v) is 7.47. The van der Waals surface area contributed by atoms with E-state index in [0.29, 0.717) is 18.0 Å². The van der Waals surface area contributed by atoms with Gasteiger partial charge in [0.1, 0.15) is 11.4 Å². The number of carbonyl (C=O) groups excluding carboxylic acids is 1. The molecule has 0 saturated carbocycles. The fraction of sp³-hybridized carbons (Fsp3) is 0.562. The van der Waals surface area contributed by atoms with Gasteiger partial charge in [-0.1, -0.05) is 11.6 Å². The van der Waals surface area contributed by atoms with E-state index in [1.807, 2.05) is 39.8 Å². The van der Waals surface area contributed by atoms with Gasteiger partial charge in [0.2, 0.25) is 0 Å². The van der Waals surface area contributed by atoms with Crippen molar-refractivity contribution in [3.8, 4) is 5.75 Å². The molecule has 0 N–H and O–H groups in total. The Hall–Kier alpha value is -1.42. The van der Waals surface area contributed by atoms with Gasteiger partial charge in [-0.2, -0.15) is 0 Å². The van der Waals surface area contributed by atoms with Crippen LogP contribution in [0.15, 0.2) is 12.1 Å². The molecule has 0 aromatic heterocycles. The van der Waals surface area contributed by atoms with E-state index in [4.69, 9.17) is 21.1 Å². The van der Waals surface area contributed by atoms with Gasteiger partial charge in [-0.25, -0.2) is 4.79 Å². The predicted molar refractivity (Wildman–Crippen MR) is 83.1 cm³/mol. The maximum Gasteiger partial charge on any atom is 0.410 e. The number of fused-ring (bicyclic) bond motifs is 1. The highest BCUT2D eigenvalue weighted by Crippen LogP contribution is 2.39. The van der Waals surface area contributed by atoms with Crippen LogP contribution in [0.4, 0.5) is 4.79 Å². The molecular weight excluding hydrogens is 290 g/mol. The lowest BCUT2D eigenvalue weighted by Crippen LogP contribution is -2.42. The summed E-state index contributed by atoms with van der Waals surface area (Å²) >= 11 is 6.33. The first kappa shape index (κ1) is 16.0. The lowest BCUT2D eigenvalue weighted by atomic mass is 9.93. The zero-order valence-electron chi connectivity index (χ0n) is 13.2. The summed E-state index contributed by atoms with van der Waals surface area (Å²) in [5, 5.41) is 0.659. The number of nitrogens with zero attached hydrogens (tertiary/aromatic N) is 1. The summed E-state index contributed by atoms with van der Waals surface area (Å²) in [6.45, 7) is 8.16. The standard InChI is InChI=1S/C16H22ClNO3/c1-10-14-11(13(20-5)7-6-12(14)17)8-9-18(10)15(19)21-16(2,3)4/h6-7,10H,8-9H2,1-5H3/t10-/m1/s1. The fourth-order valence-corrected chi connectivity index (χ4v) is 3.00. The van der Waals surface area contributed by atoms with Crippen molar-refractivity contribution in [2.45, 2.75) is 45.8 Å². The lowest BCUT2D eigenvalue weighted by Gasteiger charge is -2.37. The van der Waals surface area contributed by atoms with Crippen LogP contribution in [0.2, 0.25) is 5.02 Å². The zero-order valence-corrected chi connectivity index (χ0v) is 14.0. The van der Waals surface area contributed by atoms with Gasteiger partial charge < -0.3 is 14.4 Å². The van der Waals surface area contributed by atoms with Crippen molar-refractivity contribution in [2.75, 3.05) is 13.7 Å². The third-order valence-corrected chi connectivity index (χ3v) is 3.93. The molecule has 2 rings (SSSR count). The van der Waals surface area contributed by atoms with Crippen LogP contribution in [-0.2, 0) is 11.2 Å². The number of benzene rings is 1. The van der Waals surface area contributed by atoms with E-state index >= 15 is 0 Å². The molecule has 1 amide bonds. The van der Waals surface area contributed by atoms with Gasteiger partial charge in [0.15, 0.2) is 0 Å². The molecule has 1 heterocycles. The van der Waals surface area contributed by atoms with Crippen LogP contribution in [-0.4, -0.2) is 30.2 Å². The summed E-state index contributed by atoms with van der Waals surface area (Å²) in [4.78, 5) is 14.1. The number of amides is 1. The van der Waals surface area contributed by atoms with Crippen molar-refractivity contribution < 1.29 is 14.3 Å². The topological polar surface area (TPSA) is 38.8 Å². The third-order valence-electron chi connectivity index (χ3n) is 3.60. The molecule has 0 fully saturated rings. The van der Waals surface area contributed by atoms with Crippen molar-refractivity contribution in [3.63, 3.8) is 0 Å². The maximum absolute atomic E-state index is 12.3. The van der Waals surface area contributed by atoms with Gasteiger partial charge >= 0.3 is 6.09 Å². The Bertz CT molecular complexity index is 551. The minimum Gasteiger partial charge on any atom is -0.496 e. The van der Waals surface area contributed by atoms with E-state index in [2.05, 4.69) is 0 Å². The van der Waals surface area contributed by atoms with Crippen molar-refractivity contribution >= 4 is 17.7 Å². The first-order valence-electron chi connectivity index (χ1n) is 7.09. The second-order valence-electron chi connectivity index (χ2n) is 6.24. The Morgan fingerprint density at radius 1 is 1.38 bits per heavy atom. The van der Waals surface area contributed by atoms with Crippen LogP contribution in [0.1, 0.15) is 44.9 Å². The molecule has 0 aliphatic carbocycles. The number of hydrogen-bond acceptors (Lipinski definition) is 3. The van der Waals surface area contributed by atoms with Gasteiger partial charge in [-0.05, 0) is 46.2 Å². The van der Waals surface area contributed by atoms with E-state index in [9.17, 15) is 4.79 Å². The Morgan fingerprint density at radius 3 is 2.62 bits per heavy atom. The molecule has 21 heavy (non-hydrogen) atoms. The van der Waals surface area contributed by atoms with E-state index in [1.54, 1.807) is 12.0 Å². The SMILES string of the molecule is COc1ccc(Cl)c2c1CCN(C(=O)OC(C)(C)C)[C@@H]2C. The summed E-state index contributed by atoms with van der Waals surface area (Å²) in [5.41, 5.74) is 1.53. The Kier molecular flexibility index (Phi) is 4.38. The molecule has 1 aliphatic heterocycles. The maximum atomic E-state index is 12.3. The summed E-state index contributed by atoms with van der Waals surface area (Å²) in [6, 6.07) is 3.55. The molecular formula is C16H22ClNO3. The Morgan fingerprint density at radius 2 is 2.05 bits per heavy atom. The number of halogens is 1. The third kappa shape index (κ3) is 3.26. The Labute approximate surface area is 131 Å². The highest BCUT2D eigenvalue weighted by Gasteiger charge is 2.33. The van der Waals surface area contributed by atoms with E-state index in [1.165, 1.54) is 0 Å². The predicted octanol–water partition coefficient (Wildman–Crippen LogP) is 4.20.